The van der Waals surface area contributed by atoms with E-state index in [2.05, 4.69) is 35.1 Å². The maximum atomic E-state index is 12.7. The van der Waals surface area contributed by atoms with E-state index in [0.717, 1.165) is 71.2 Å². The Morgan fingerprint density at radius 2 is 1.27 bits per heavy atom. The second kappa shape index (κ2) is 17.4. The first-order chi connectivity index (χ1) is 12.6. The molecule has 0 fully saturated rings. The topological polar surface area (TPSA) is 82.3 Å². The Morgan fingerprint density at radius 1 is 0.731 bits per heavy atom. The SMILES string of the molecule is CCNCCCCC(NC(=O)C(CCCCNCC)NCC)C(=O)CC. The van der Waals surface area contributed by atoms with Gasteiger partial charge in [0, 0.05) is 6.42 Å². The second-order valence-corrected chi connectivity index (χ2v) is 6.69. The van der Waals surface area contributed by atoms with Crippen LogP contribution < -0.4 is 21.3 Å². The van der Waals surface area contributed by atoms with E-state index >= 15 is 0 Å². The molecule has 2 unspecified atom stereocenters. The van der Waals surface area contributed by atoms with Gasteiger partial charge in [-0.05, 0) is 64.8 Å². The van der Waals surface area contributed by atoms with Gasteiger partial charge >= 0.3 is 0 Å². The van der Waals surface area contributed by atoms with Gasteiger partial charge in [-0.15, -0.1) is 0 Å². The molecule has 0 aromatic rings. The van der Waals surface area contributed by atoms with Crippen molar-refractivity contribution in [1.82, 2.24) is 21.3 Å². The fourth-order valence-corrected chi connectivity index (χ4v) is 2.96. The zero-order valence-electron chi connectivity index (χ0n) is 17.5. The van der Waals surface area contributed by atoms with E-state index in [1.807, 2.05) is 13.8 Å². The molecule has 0 spiro atoms. The van der Waals surface area contributed by atoms with Crippen molar-refractivity contribution >= 4 is 11.7 Å². The van der Waals surface area contributed by atoms with Crippen LogP contribution in [0.5, 0.6) is 0 Å². The minimum atomic E-state index is -0.350. The number of carbonyl (C=O) groups excluding carboxylic acids is 2. The molecule has 0 aliphatic heterocycles. The zero-order chi connectivity index (χ0) is 19.6. The number of unbranched alkanes of at least 4 members (excludes halogenated alkanes) is 2. The van der Waals surface area contributed by atoms with E-state index in [4.69, 9.17) is 0 Å². The minimum absolute atomic E-state index is 0.0335. The number of carbonyl (C=O) groups is 2. The molecule has 0 aliphatic rings. The van der Waals surface area contributed by atoms with E-state index in [1.54, 1.807) is 0 Å². The summed E-state index contributed by atoms with van der Waals surface area (Å²) in [5, 5.41) is 12.9. The number of hydrogen-bond acceptors (Lipinski definition) is 5. The normalized spacial score (nSPS) is 13.4. The third-order valence-corrected chi connectivity index (χ3v) is 4.51. The van der Waals surface area contributed by atoms with Gasteiger partial charge in [0.1, 0.15) is 0 Å². The Balaban J connectivity index is 4.45. The lowest BCUT2D eigenvalue weighted by molar-refractivity contribution is -0.129. The van der Waals surface area contributed by atoms with Crippen molar-refractivity contribution in [3.63, 3.8) is 0 Å². The van der Waals surface area contributed by atoms with Crippen LogP contribution in [0.25, 0.3) is 0 Å². The average molecular weight is 371 g/mol. The average Bonchev–Trinajstić information content (AvgIpc) is 2.65. The van der Waals surface area contributed by atoms with Gasteiger partial charge in [0.2, 0.25) is 5.91 Å². The van der Waals surface area contributed by atoms with Crippen LogP contribution in [0.4, 0.5) is 0 Å². The first-order valence-electron chi connectivity index (χ1n) is 10.6. The molecule has 2 atom stereocenters. The van der Waals surface area contributed by atoms with Crippen LogP contribution in [0.3, 0.4) is 0 Å². The zero-order valence-corrected chi connectivity index (χ0v) is 17.5. The van der Waals surface area contributed by atoms with Gasteiger partial charge in [0.25, 0.3) is 0 Å². The molecule has 0 aromatic heterocycles. The smallest absolute Gasteiger partial charge is 0.237 e. The van der Waals surface area contributed by atoms with E-state index in [-0.39, 0.29) is 23.8 Å². The molecule has 6 heteroatoms. The lowest BCUT2D eigenvalue weighted by atomic mass is 10.0. The Labute approximate surface area is 160 Å². The molecule has 4 N–H and O–H groups in total. The molecule has 0 rings (SSSR count). The van der Waals surface area contributed by atoms with Gasteiger partial charge in [-0.2, -0.15) is 0 Å². The van der Waals surface area contributed by atoms with Crippen molar-refractivity contribution in [2.45, 2.75) is 84.7 Å². The van der Waals surface area contributed by atoms with Crippen molar-refractivity contribution < 1.29 is 9.59 Å². The summed E-state index contributed by atoms with van der Waals surface area (Å²) in [7, 11) is 0. The second-order valence-electron chi connectivity index (χ2n) is 6.69. The van der Waals surface area contributed by atoms with Gasteiger partial charge in [-0.25, -0.2) is 0 Å². The molecule has 0 saturated carbocycles. The molecular weight excluding hydrogens is 328 g/mol. The molecule has 0 bridgehead atoms. The van der Waals surface area contributed by atoms with Crippen LogP contribution >= 0.6 is 0 Å². The third kappa shape index (κ3) is 12.4. The molecule has 0 saturated heterocycles. The number of likely N-dealkylation sites (N-methyl/N-ethyl adjacent to an activating group) is 1. The number of hydrogen-bond donors (Lipinski definition) is 4. The van der Waals surface area contributed by atoms with Crippen LogP contribution in [0, 0.1) is 0 Å². The maximum Gasteiger partial charge on any atom is 0.237 e. The monoisotopic (exact) mass is 370 g/mol. The molecular formula is C20H42N4O2. The van der Waals surface area contributed by atoms with E-state index in [0.29, 0.717) is 6.42 Å². The van der Waals surface area contributed by atoms with Crippen LogP contribution in [0.1, 0.15) is 72.6 Å². The lowest BCUT2D eigenvalue weighted by Crippen LogP contribution is -2.50. The molecule has 0 heterocycles. The molecule has 1 amide bonds. The van der Waals surface area contributed by atoms with Gasteiger partial charge in [-0.1, -0.05) is 34.1 Å². The number of nitrogens with one attached hydrogen (secondary N) is 4. The molecule has 0 radical (unpaired) electrons. The highest BCUT2D eigenvalue weighted by atomic mass is 16.2. The number of ketones is 1. The number of Topliss-reactive ketones (excluding diaryl/α,β-unsaturated/α-hetero) is 1. The van der Waals surface area contributed by atoms with E-state index < -0.39 is 0 Å². The van der Waals surface area contributed by atoms with Crippen LogP contribution in [0.2, 0.25) is 0 Å². The van der Waals surface area contributed by atoms with Crippen LogP contribution in [-0.4, -0.2) is 56.5 Å². The van der Waals surface area contributed by atoms with Gasteiger partial charge in [0.15, 0.2) is 5.78 Å². The van der Waals surface area contributed by atoms with E-state index in [1.165, 1.54) is 0 Å². The number of amides is 1. The van der Waals surface area contributed by atoms with Crippen molar-refractivity contribution in [3.8, 4) is 0 Å². The van der Waals surface area contributed by atoms with Gasteiger partial charge < -0.3 is 21.3 Å². The molecule has 0 aliphatic carbocycles. The Morgan fingerprint density at radius 3 is 1.73 bits per heavy atom. The van der Waals surface area contributed by atoms with E-state index in [9.17, 15) is 9.59 Å². The van der Waals surface area contributed by atoms with Crippen LogP contribution in [0.15, 0.2) is 0 Å². The predicted octanol–water partition coefficient (Wildman–Crippen LogP) is 1.99. The molecule has 26 heavy (non-hydrogen) atoms. The minimum Gasteiger partial charge on any atom is -0.345 e. The van der Waals surface area contributed by atoms with Gasteiger partial charge in [0.05, 0.1) is 12.1 Å². The van der Waals surface area contributed by atoms with Crippen LogP contribution in [-0.2, 0) is 9.59 Å². The fraction of sp³-hybridized carbons (Fsp3) is 0.900. The Kier molecular flexibility index (Phi) is 16.8. The molecule has 0 aromatic carbocycles. The first-order valence-corrected chi connectivity index (χ1v) is 10.6. The summed E-state index contributed by atoms with van der Waals surface area (Å²) >= 11 is 0. The first kappa shape index (κ1) is 25.0. The lowest BCUT2D eigenvalue weighted by Gasteiger charge is -2.22. The Hall–Kier alpha value is -0.980. The summed E-state index contributed by atoms with van der Waals surface area (Å²) < 4.78 is 0. The highest BCUT2D eigenvalue weighted by Gasteiger charge is 2.23. The quantitative estimate of drug-likeness (QED) is 0.277. The standard InChI is InChI=1S/C20H42N4O2/c1-5-19(25)17(13-9-11-15-21-6-2)24-20(26)18(23-8-4)14-10-12-16-22-7-3/h17-18,21-23H,5-16H2,1-4H3,(H,24,26). The highest BCUT2D eigenvalue weighted by Crippen LogP contribution is 2.07. The van der Waals surface area contributed by atoms with Crippen molar-refractivity contribution in [2.75, 3.05) is 32.7 Å². The number of rotatable bonds is 18. The summed E-state index contributed by atoms with van der Waals surface area (Å²) in [5.74, 6) is 0.0954. The predicted molar refractivity (Wildman–Crippen MR) is 109 cm³/mol. The van der Waals surface area contributed by atoms with Crippen molar-refractivity contribution in [2.24, 2.45) is 0 Å². The van der Waals surface area contributed by atoms with Gasteiger partial charge in [-0.3, -0.25) is 9.59 Å². The summed E-state index contributed by atoms with van der Waals surface area (Å²) in [6.45, 7) is 12.7. The third-order valence-electron chi connectivity index (χ3n) is 4.51. The summed E-state index contributed by atoms with van der Waals surface area (Å²) in [6, 6.07) is -0.562. The summed E-state index contributed by atoms with van der Waals surface area (Å²) in [4.78, 5) is 24.9. The fourth-order valence-electron chi connectivity index (χ4n) is 2.96. The largest absolute Gasteiger partial charge is 0.345 e. The Bertz CT molecular complexity index is 364. The summed E-state index contributed by atoms with van der Waals surface area (Å²) in [6.07, 6.45) is 6.02. The summed E-state index contributed by atoms with van der Waals surface area (Å²) in [5.41, 5.74) is 0. The van der Waals surface area contributed by atoms with Crippen molar-refractivity contribution in [1.29, 1.82) is 0 Å². The van der Waals surface area contributed by atoms with Crippen molar-refractivity contribution in [3.05, 3.63) is 0 Å². The highest BCUT2D eigenvalue weighted by molar-refractivity contribution is 5.90. The molecule has 6 nitrogen and oxygen atoms in total. The maximum absolute atomic E-state index is 12.7. The molecule has 154 valence electrons.